The standard InChI is InChI=1S/C20H21ClFN3O3.ClH/c21-16-17-12(19(26)13(20(27)28)8-25(17)11-3-4-11)6-14(22)18(16)24-7-10-2-1-5-23-15(10)9-24;/h6,8,10-11,15,23H,1-5,7,9H2,(H,27,28);1H/t10-,15+;/m0./s1. The SMILES string of the molecule is Cl.O=C(O)c1cn(C2CC2)c2c(Cl)c(N3C[C@@H]4CCCN[C@@H]4C3)c(F)cc2c1=O. The summed E-state index contributed by atoms with van der Waals surface area (Å²) in [7, 11) is 0. The first-order valence-corrected chi connectivity index (χ1v) is 10.1. The van der Waals surface area contributed by atoms with Crippen LogP contribution in [-0.4, -0.2) is 41.3 Å². The summed E-state index contributed by atoms with van der Waals surface area (Å²) in [6.45, 7) is 2.37. The lowest BCUT2D eigenvalue weighted by molar-refractivity contribution is 0.0695. The van der Waals surface area contributed by atoms with Gasteiger partial charge in [-0.1, -0.05) is 11.6 Å². The van der Waals surface area contributed by atoms with Crippen molar-refractivity contribution in [1.29, 1.82) is 0 Å². The van der Waals surface area contributed by atoms with E-state index >= 15 is 4.39 Å². The normalized spacial score (nSPS) is 23.7. The number of carbonyl (C=O) groups is 1. The third-order valence-electron chi connectivity index (χ3n) is 6.27. The zero-order valence-electron chi connectivity index (χ0n) is 15.7. The molecule has 2 aliphatic heterocycles. The van der Waals surface area contributed by atoms with E-state index in [0.29, 0.717) is 29.7 Å². The van der Waals surface area contributed by atoms with E-state index in [1.54, 1.807) is 4.57 Å². The molecule has 2 saturated heterocycles. The molecule has 3 heterocycles. The largest absolute Gasteiger partial charge is 0.477 e. The molecule has 1 aliphatic carbocycles. The highest BCUT2D eigenvalue weighted by atomic mass is 35.5. The summed E-state index contributed by atoms with van der Waals surface area (Å²) < 4.78 is 16.9. The number of piperidine rings is 1. The quantitative estimate of drug-likeness (QED) is 0.762. The van der Waals surface area contributed by atoms with Gasteiger partial charge in [-0.25, -0.2) is 9.18 Å². The van der Waals surface area contributed by atoms with Crippen LogP contribution in [0.25, 0.3) is 10.9 Å². The van der Waals surface area contributed by atoms with E-state index in [9.17, 15) is 14.7 Å². The van der Waals surface area contributed by atoms with Crippen molar-refractivity contribution < 1.29 is 14.3 Å². The van der Waals surface area contributed by atoms with E-state index in [0.717, 1.165) is 38.8 Å². The lowest BCUT2D eigenvalue weighted by Gasteiger charge is -2.24. The van der Waals surface area contributed by atoms with Crippen molar-refractivity contribution in [2.45, 2.75) is 37.8 Å². The molecule has 1 aromatic carbocycles. The van der Waals surface area contributed by atoms with Gasteiger partial charge in [-0.2, -0.15) is 0 Å². The van der Waals surface area contributed by atoms with Crippen molar-refractivity contribution in [3.8, 4) is 0 Å². The fraction of sp³-hybridized carbons (Fsp3) is 0.500. The molecule has 2 N–H and O–H groups in total. The highest BCUT2D eigenvalue weighted by molar-refractivity contribution is 6.38. The molecule has 2 atom stereocenters. The van der Waals surface area contributed by atoms with Crippen LogP contribution < -0.4 is 15.6 Å². The second kappa shape index (κ2) is 7.45. The van der Waals surface area contributed by atoms with Crippen molar-refractivity contribution in [3.05, 3.63) is 38.9 Å². The van der Waals surface area contributed by atoms with Crippen LogP contribution in [-0.2, 0) is 0 Å². The first kappa shape index (κ1) is 20.4. The molecule has 1 aromatic heterocycles. The van der Waals surface area contributed by atoms with Gasteiger partial charge in [-0.05, 0) is 44.2 Å². The topological polar surface area (TPSA) is 74.6 Å². The lowest BCUT2D eigenvalue weighted by atomic mass is 9.94. The minimum Gasteiger partial charge on any atom is -0.477 e. The van der Waals surface area contributed by atoms with Gasteiger partial charge in [0.1, 0.15) is 11.4 Å². The zero-order valence-corrected chi connectivity index (χ0v) is 17.2. The van der Waals surface area contributed by atoms with Gasteiger partial charge >= 0.3 is 5.97 Å². The van der Waals surface area contributed by atoms with Crippen molar-refractivity contribution in [2.24, 2.45) is 5.92 Å². The minimum absolute atomic E-state index is 0. The Morgan fingerprint density at radius 2 is 2.03 bits per heavy atom. The Bertz CT molecular complexity index is 1040. The van der Waals surface area contributed by atoms with Crippen LogP contribution in [0.3, 0.4) is 0 Å². The van der Waals surface area contributed by atoms with Crippen LogP contribution in [0.1, 0.15) is 42.1 Å². The Balaban J connectivity index is 0.00000205. The predicted molar refractivity (Wildman–Crippen MR) is 112 cm³/mol. The van der Waals surface area contributed by atoms with Gasteiger partial charge in [0.15, 0.2) is 0 Å². The van der Waals surface area contributed by atoms with E-state index in [2.05, 4.69) is 5.32 Å². The molecule has 29 heavy (non-hydrogen) atoms. The maximum atomic E-state index is 15.1. The Kier molecular flexibility index (Phi) is 5.25. The number of aromatic nitrogens is 1. The number of anilines is 1. The molecule has 0 spiro atoms. The van der Waals surface area contributed by atoms with E-state index in [1.165, 1.54) is 12.3 Å². The molecular formula is C20H22Cl2FN3O3. The van der Waals surface area contributed by atoms with Gasteiger partial charge in [0, 0.05) is 31.4 Å². The maximum absolute atomic E-state index is 15.1. The number of hydrogen-bond acceptors (Lipinski definition) is 4. The number of aromatic carboxylic acids is 1. The van der Waals surface area contributed by atoms with Crippen molar-refractivity contribution in [1.82, 2.24) is 9.88 Å². The highest BCUT2D eigenvalue weighted by Gasteiger charge is 2.37. The van der Waals surface area contributed by atoms with Gasteiger partial charge < -0.3 is 19.9 Å². The minimum atomic E-state index is -1.31. The molecule has 3 fully saturated rings. The number of pyridine rings is 1. The van der Waals surface area contributed by atoms with Crippen LogP contribution in [0.2, 0.25) is 5.02 Å². The van der Waals surface area contributed by atoms with Crippen molar-refractivity contribution in [3.63, 3.8) is 0 Å². The van der Waals surface area contributed by atoms with Crippen LogP contribution in [0.5, 0.6) is 0 Å². The number of carboxylic acids is 1. The number of benzene rings is 1. The van der Waals surface area contributed by atoms with E-state index in [-0.39, 0.29) is 34.4 Å². The monoisotopic (exact) mass is 441 g/mol. The molecule has 0 unspecified atom stereocenters. The van der Waals surface area contributed by atoms with Crippen molar-refractivity contribution in [2.75, 3.05) is 24.5 Å². The zero-order chi connectivity index (χ0) is 19.6. The summed E-state index contributed by atoms with van der Waals surface area (Å²) in [5.41, 5.74) is -0.275. The van der Waals surface area contributed by atoms with Crippen LogP contribution >= 0.6 is 24.0 Å². The molecule has 156 valence electrons. The Hall–Kier alpha value is -1.83. The molecule has 0 amide bonds. The molecule has 9 heteroatoms. The molecule has 1 saturated carbocycles. The van der Waals surface area contributed by atoms with Crippen molar-refractivity contribution >= 4 is 46.6 Å². The first-order chi connectivity index (χ1) is 13.5. The fourth-order valence-electron chi connectivity index (χ4n) is 4.74. The average molecular weight is 442 g/mol. The number of rotatable bonds is 3. The predicted octanol–water partition coefficient (Wildman–Crippen LogP) is 3.44. The molecule has 0 bridgehead atoms. The summed E-state index contributed by atoms with van der Waals surface area (Å²) in [6.07, 6.45) is 5.36. The number of halogens is 3. The molecule has 2 aromatic rings. The van der Waals surface area contributed by atoms with Gasteiger partial charge in [-0.15, -0.1) is 12.4 Å². The van der Waals surface area contributed by atoms with Gasteiger partial charge in [-0.3, -0.25) is 4.79 Å². The lowest BCUT2D eigenvalue weighted by Crippen LogP contribution is -2.40. The number of nitrogens with one attached hydrogen (secondary N) is 1. The number of nitrogens with zero attached hydrogens (tertiary/aromatic N) is 2. The summed E-state index contributed by atoms with van der Waals surface area (Å²) in [5, 5.41) is 13.1. The van der Waals surface area contributed by atoms with Crippen LogP contribution in [0.4, 0.5) is 10.1 Å². The molecule has 0 radical (unpaired) electrons. The second-order valence-corrected chi connectivity index (χ2v) is 8.48. The molecule has 6 nitrogen and oxygen atoms in total. The first-order valence-electron chi connectivity index (χ1n) is 9.74. The Labute approximate surface area is 178 Å². The third-order valence-corrected chi connectivity index (χ3v) is 6.63. The van der Waals surface area contributed by atoms with Gasteiger partial charge in [0.2, 0.25) is 5.43 Å². The summed E-state index contributed by atoms with van der Waals surface area (Å²) >= 11 is 6.70. The number of carboxylic acid groups (broad SMARTS) is 1. The van der Waals surface area contributed by atoms with E-state index < -0.39 is 17.2 Å². The maximum Gasteiger partial charge on any atom is 0.341 e. The molecule has 5 rings (SSSR count). The molecular weight excluding hydrogens is 420 g/mol. The molecule has 3 aliphatic rings. The summed E-state index contributed by atoms with van der Waals surface area (Å²) in [5.74, 6) is -1.42. The smallest absolute Gasteiger partial charge is 0.341 e. The van der Waals surface area contributed by atoms with Crippen LogP contribution in [0, 0.1) is 11.7 Å². The van der Waals surface area contributed by atoms with E-state index in [1.807, 2.05) is 4.90 Å². The Morgan fingerprint density at radius 1 is 1.28 bits per heavy atom. The highest BCUT2D eigenvalue weighted by Crippen LogP contribution is 2.43. The summed E-state index contributed by atoms with van der Waals surface area (Å²) in [4.78, 5) is 26.1. The van der Waals surface area contributed by atoms with Gasteiger partial charge in [0.05, 0.1) is 21.6 Å². The number of fused-ring (bicyclic) bond motifs is 2. The van der Waals surface area contributed by atoms with E-state index in [4.69, 9.17) is 11.6 Å². The van der Waals surface area contributed by atoms with Gasteiger partial charge in [0.25, 0.3) is 0 Å². The second-order valence-electron chi connectivity index (χ2n) is 8.10. The van der Waals surface area contributed by atoms with Crippen LogP contribution in [0.15, 0.2) is 17.1 Å². The number of hydrogen-bond donors (Lipinski definition) is 2. The Morgan fingerprint density at radius 3 is 2.69 bits per heavy atom. The summed E-state index contributed by atoms with van der Waals surface area (Å²) in [6, 6.07) is 1.58. The average Bonchev–Trinajstić information content (AvgIpc) is 3.41. The fourth-order valence-corrected chi connectivity index (χ4v) is 5.15. The third kappa shape index (κ3) is 3.29.